The third-order valence-electron chi connectivity index (χ3n) is 2.74. The lowest BCUT2D eigenvalue weighted by Crippen LogP contribution is -1.99. The largest absolute Gasteiger partial charge is 0.267 e. The van der Waals surface area contributed by atoms with E-state index in [-0.39, 0.29) is 0 Å². The summed E-state index contributed by atoms with van der Waals surface area (Å²) in [6.45, 7) is 0. The second kappa shape index (κ2) is 5.47. The average Bonchev–Trinajstić information content (AvgIpc) is 2.84. The van der Waals surface area contributed by atoms with E-state index in [0.717, 1.165) is 15.7 Å². The van der Waals surface area contributed by atoms with Crippen molar-refractivity contribution in [3.8, 4) is 17.1 Å². The molecule has 0 radical (unpaired) electrons. The number of pyridine rings is 1. The van der Waals surface area contributed by atoms with Crippen molar-refractivity contribution < 1.29 is 0 Å². The molecule has 2 heterocycles. The summed E-state index contributed by atoms with van der Waals surface area (Å²) in [4.78, 5) is 4.11. The van der Waals surface area contributed by atoms with Crippen LogP contribution in [0.5, 0.6) is 0 Å². The first-order valence-electron chi connectivity index (χ1n) is 5.70. The third kappa shape index (κ3) is 2.42. The fourth-order valence-electron chi connectivity index (χ4n) is 1.87. The number of aromatic nitrogens is 4. The minimum Gasteiger partial charge on any atom is -0.267 e. The van der Waals surface area contributed by atoms with Crippen LogP contribution in [0.3, 0.4) is 0 Å². The molecule has 0 atom stereocenters. The molecule has 3 rings (SSSR count). The number of hydrogen-bond donors (Lipinski definition) is 1. The molecule has 7 heteroatoms. The molecule has 0 spiro atoms. The second-order valence-corrected chi connectivity index (χ2v) is 5.70. The molecule has 0 saturated carbocycles. The summed E-state index contributed by atoms with van der Waals surface area (Å²) < 4.78 is 3.19. The highest BCUT2D eigenvalue weighted by Gasteiger charge is 2.13. The Morgan fingerprint density at radius 3 is 2.90 bits per heavy atom. The molecule has 1 aromatic carbocycles. The summed E-state index contributed by atoms with van der Waals surface area (Å²) in [5.41, 5.74) is 1.70. The van der Waals surface area contributed by atoms with Gasteiger partial charge in [0, 0.05) is 27.5 Å². The fraction of sp³-hybridized carbons (Fsp3) is 0. The van der Waals surface area contributed by atoms with Crippen molar-refractivity contribution in [1.29, 1.82) is 0 Å². The lowest BCUT2D eigenvalue weighted by Gasteiger charge is -2.09. The maximum absolute atomic E-state index is 6.07. The Morgan fingerprint density at radius 2 is 2.15 bits per heavy atom. The van der Waals surface area contributed by atoms with Gasteiger partial charge in [0.2, 0.25) is 0 Å². The van der Waals surface area contributed by atoms with Gasteiger partial charge in [-0.25, -0.2) is 0 Å². The summed E-state index contributed by atoms with van der Waals surface area (Å²) >= 11 is 14.9. The predicted octanol–water partition coefficient (Wildman–Crippen LogP) is 4.41. The summed E-state index contributed by atoms with van der Waals surface area (Å²) in [7, 11) is 0. The molecule has 0 aliphatic heterocycles. The van der Waals surface area contributed by atoms with Gasteiger partial charge in [0.05, 0.1) is 5.69 Å². The minimum atomic E-state index is 0.492. The number of benzene rings is 1. The molecule has 0 saturated heterocycles. The molecule has 0 aliphatic carbocycles. The Balaban J connectivity index is 2.27. The maximum Gasteiger partial charge on any atom is 0.200 e. The average molecular weight is 368 g/mol. The van der Waals surface area contributed by atoms with E-state index in [4.69, 9.17) is 23.8 Å². The van der Waals surface area contributed by atoms with Gasteiger partial charge in [0.25, 0.3) is 0 Å². The highest BCUT2D eigenvalue weighted by Crippen LogP contribution is 2.28. The van der Waals surface area contributed by atoms with Crippen molar-refractivity contribution in [3.05, 3.63) is 57.0 Å². The second-order valence-electron chi connectivity index (χ2n) is 4.03. The van der Waals surface area contributed by atoms with E-state index in [1.54, 1.807) is 12.4 Å². The number of rotatable bonds is 2. The van der Waals surface area contributed by atoms with E-state index >= 15 is 0 Å². The van der Waals surface area contributed by atoms with Gasteiger partial charge in [-0.3, -0.25) is 14.6 Å². The van der Waals surface area contributed by atoms with E-state index < -0.39 is 0 Å². The highest BCUT2D eigenvalue weighted by atomic mass is 79.9. The summed E-state index contributed by atoms with van der Waals surface area (Å²) in [6, 6.07) is 9.29. The SMILES string of the molecule is S=c1[nH]nc(-c2cccnc2)n1-c1cc(Cl)ccc1Br. The smallest absolute Gasteiger partial charge is 0.200 e. The zero-order valence-corrected chi connectivity index (χ0v) is 13.2. The summed E-state index contributed by atoms with van der Waals surface area (Å²) in [5.74, 6) is 0.686. The molecule has 1 N–H and O–H groups in total. The molecule has 2 aromatic heterocycles. The van der Waals surface area contributed by atoms with Gasteiger partial charge in [-0.15, -0.1) is 0 Å². The molecule has 0 fully saturated rings. The van der Waals surface area contributed by atoms with Crippen LogP contribution < -0.4 is 0 Å². The van der Waals surface area contributed by atoms with Crippen molar-refractivity contribution >= 4 is 39.7 Å². The van der Waals surface area contributed by atoms with Crippen LogP contribution >= 0.6 is 39.7 Å². The molecular weight excluding hydrogens is 360 g/mol. The van der Waals surface area contributed by atoms with E-state index in [1.807, 2.05) is 34.9 Å². The van der Waals surface area contributed by atoms with Gasteiger partial charge in [0.15, 0.2) is 10.6 Å². The molecule has 0 unspecified atom stereocenters. The zero-order chi connectivity index (χ0) is 14.1. The molecular formula is C13H8BrClN4S. The Hall–Kier alpha value is -1.50. The quantitative estimate of drug-likeness (QED) is 0.683. The van der Waals surface area contributed by atoms with Gasteiger partial charge in [-0.2, -0.15) is 5.10 Å². The first-order chi connectivity index (χ1) is 9.66. The lowest BCUT2D eigenvalue weighted by atomic mass is 10.2. The van der Waals surface area contributed by atoms with Crippen molar-refractivity contribution in [1.82, 2.24) is 19.7 Å². The number of nitrogens with zero attached hydrogens (tertiary/aromatic N) is 3. The predicted molar refractivity (Wildman–Crippen MR) is 84.7 cm³/mol. The minimum absolute atomic E-state index is 0.492. The normalized spacial score (nSPS) is 10.7. The van der Waals surface area contributed by atoms with Crippen LogP contribution in [0.2, 0.25) is 5.02 Å². The monoisotopic (exact) mass is 366 g/mol. The van der Waals surface area contributed by atoms with Crippen molar-refractivity contribution in [3.63, 3.8) is 0 Å². The van der Waals surface area contributed by atoms with Crippen LogP contribution in [0.15, 0.2) is 47.2 Å². The lowest BCUT2D eigenvalue weighted by molar-refractivity contribution is 1.03. The third-order valence-corrected chi connectivity index (χ3v) is 3.92. The van der Waals surface area contributed by atoms with Crippen molar-refractivity contribution in [2.75, 3.05) is 0 Å². The molecule has 0 bridgehead atoms. The Labute approximate surface area is 133 Å². The van der Waals surface area contributed by atoms with Gasteiger partial charge >= 0.3 is 0 Å². The van der Waals surface area contributed by atoms with Crippen molar-refractivity contribution in [2.45, 2.75) is 0 Å². The van der Waals surface area contributed by atoms with Crippen LogP contribution in [0.4, 0.5) is 0 Å². The zero-order valence-electron chi connectivity index (χ0n) is 10.0. The molecule has 100 valence electrons. The van der Waals surface area contributed by atoms with Gasteiger partial charge < -0.3 is 0 Å². The van der Waals surface area contributed by atoms with Crippen LogP contribution in [-0.4, -0.2) is 19.7 Å². The summed E-state index contributed by atoms with van der Waals surface area (Å²) in [5, 5.41) is 7.71. The number of H-pyrrole nitrogens is 1. The number of aromatic amines is 1. The van der Waals surface area contributed by atoms with Gasteiger partial charge in [0.1, 0.15) is 0 Å². The molecule has 20 heavy (non-hydrogen) atoms. The van der Waals surface area contributed by atoms with Crippen LogP contribution in [0.25, 0.3) is 17.1 Å². The molecule has 4 nitrogen and oxygen atoms in total. The number of nitrogens with one attached hydrogen (secondary N) is 1. The summed E-state index contributed by atoms with van der Waals surface area (Å²) in [6.07, 6.45) is 3.45. The Morgan fingerprint density at radius 1 is 1.30 bits per heavy atom. The first-order valence-corrected chi connectivity index (χ1v) is 7.28. The molecule has 3 aromatic rings. The van der Waals surface area contributed by atoms with E-state index in [1.165, 1.54) is 0 Å². The Bertz CT molecular complexity index is 813. The topological polar surface area (TPSA) is 46.5 Å². The number of halogens is 2. The molecule has 0 amide bonds. The van der Waals surface area contributed by atoms with Crippen molar-refractivity contribution in [2.24, 2.45) is 0 Å². The van der Waals surface area contributed by atoms with E-state index in [9.17, 15) is 0 Å². The van der Waals surface area contributed by atoms with Crippen LogP contribution in [0, 0.1) is 4.77 Å². The standard InChI is InChI=1S/C13H8BrClN4S/c14-10-4-3-9(15)6-11(10)19-12(17-18-13(19)20)8-2-1-5-16-7-8/h1-7H,(H,18,20). The number of hydrogen-bond acceptors (Lipinski definition) is 3. The highest BCUT2D eigenvalue weighted by molar-refractivity contribution is 9.10. The maximum atomic E-state index is 6.07. The van der Waals surface area contributed by atoms with E-state index in [0.29, 0.717) is 15.6 Å². The van der Waals surface area contributed by atoms with Gasteiger partial charge in [-0.1, -0.05) is 11.6 Å². The fourth-order valence-corrected chi connectivity index (χ4v) is 2.69. The van der Waals surface area contributed by atoms with Gasteiger partial charge in [-0.05, 0) is 58.5 Å². The van der Waals surface area contributed by atoms with Crippen LogP contribution in [0.1, 0.15) is 0 Å². The van der Waals surface area contributed by atoms with E-state index in [2.05, 4.69) is 31.1 Å². The Kier molecular flexibility index (Phi) is 3.69. The first kappa shape index (κ1) is 13.5. The molecule has 0 aliphatic rings. The van der Waals surface area contributed by atoms with Crippen LogP contribution in [-0.2, 0) is 0 Å².